The number of nitrogens with two attached hydrogens (primary N) is 1. The van der Waals surface area contributed by atoms with E-state index >= 15 is 0 Å². The zero-order valence-electron chi connectivity index (χ0n) is 7.59. The Morgan fingerprint density at radius 1 is 1.36 bits per heavy atom. The lowest BCUT2D eigenvalue weighted by atomic mass is 10.0. The Morgan fingerprint density at radius 3 is 2.18 bits per heavy atom. The molecule has 0 saturated heterocycles. The molecule has 0 atom stereocenters. The van der Waals surface area contributed by atoms with E-state index < -0.39 is 0 Å². The van der Waals surface area contributed by atoms with Crippen LogP contribution in [0.15, 0.2) is 36.1 Å². The van der Waals surface area contributed by atoms with Crippen molar-refractivity contribution in [2.45, 2.75) is 20.8 Å². The molecule has 0 rings (SSSR count). The van der Waals surface area contributed by atoms with E-state index in [1.807, 2.05) is 19.1 Å². The number of rotatable bonds is 3. The molecular formula is C10H17N. The fourth-order valence-electron chi connectivity index (χ4n) is 0.825. The maximum atomic E-state index is 5.39. The highest BCUT2D eigenvalue weighted by Gasteiger charge is 1.95. The van der Waals surface area contributed by atoms with E-state index in [1.165, 1.54) is 5.57 Å². The quantitative estimate of drug-likeness (QED) is 0.616. The smallest absolute Gasteiger partial charge is 0.0241 e. The van der Waals surface area contributed by atoms with Crippen molar-refractivity contribution >= 4 is 0 Å². The van der Waals surface area contributed by atoms with E-state index in [4.69, 9.17) is 5.73 Å². The summed E-state index contributed by atoms with van der Waals surface area (Å²) in [5, 5.41) is 0. The van der Waals surface area contributed by atoms with Crippen LogP contribution in [0.1, 0.15) is 20.8 Å². The van der Waals surface area contributed by atoms with E-state index in [-0.39, 0.29) is 0 Å². The van der Waals surface area contributed by atoms with Crippen LogP contribution in [0, 0.1) is 5.92 Å². The molecular weight excluding hydrogens is 134 g/mol. The van der Waals surface area contributed by atoms with Gasteiger partial charge in [-0.25, -0.2) is 0 Å². The molecule has 0 fully saturated rings. The van der Waals surface area contributed by atoms with Gasteiger partial charge in [0, 0.05) is 5.70 Å². The fourth-order valence-corrected chi connectivity index (χ4v) is 0.825. The molecule has 0 aliphatic heterocycles. The fraction of sp³-hybridized carbons (Fsp3) is 0.400. The van der Waals surface area contributed by atoms with Gasteiger partial charge in [0.2, 0.25) is 0 Å². The summed E-state index contributed by atoms with van der Waals surface area (Å²) in [6, 6.07) is 0. The van der Waals surface area contributed by atoms with Crippen molar-refractivity contribution in [2.24, 2.45) is 11.7 Å². The van der Waals surface area contributed by atoms with Gasteiger partial charge in [-0.15, -0.1) is 0 Å². The van der Waals surface area contributed by atoms with Crippen LogP contribution in [-0.4, -0.2) is 0 Å². The molecule has 0 aliphatic rings. The summed E-state index contributed by atoms with van der Waals surface area (Å²) in [4.78, 5) is 0. The van der Waals surface area contributed by atoms with Crippen LogP contribution in [0.2, 0.25) is 0 Å². The molecule has 0 aromatic heterocycles. The van der Waals surface area contributed by atoms with Gasteiger partial charge in [0.1, 0.15) is 0 Å². The van der Waals surface area contributed by atoms with Gasteiger partial charge in [0.25, 0.3) is 0 Å². The summed E-state index contributed by atoms with van der Waals surface area (Å²) in [5.74, 6) is 0.551. The SMILES string of the molecule is C=C(N)/C=C\C(=C/C)C(C)C. The maximum absolute atomic E-state index is 5.39. The first-order chi connectivity index (χ1) is 5.07. The average Bonchev–Trinajstić information content (AvgIpc) is 1.87. The molecule has 1 nitrogen and oxygen atoms in total. The van der Waals surface area contributed by atoms with E-state index in [0.717, 1.165) is 0 Å². The highest BCUT2D eigenvalue weighted by atomic mass is 14.5. The van der Waals surface area contributed by atoms with Crippen molar-refractivity contribution in [3.05, 3.63) is 36.1 Å². The van der Waals surface area contributed by atoms with Gasteiger partial charge < -0.3 is 5.73 Å². The van der Waals surface area contributed by atoms with Gasteiger partial charge >= 0.3 is 0 Å². The van der Waals surface area contributed by atoms with Crippen LogP contribution < -0.4 is 5.73 Å². The molecule has 0 bridgehead atoms. The predicted molar refractivity (Wildman–Crippen MR) is 51.1 cm³/mol. The number of hydrogen-bond acceptors (Lipinski definition) is 1. The Hall–Kier alpha value is -0.980. The summed E-state index contributed by atoms with van der Waals surface area (Å²) in [7, 11) is 0. The Labute approximate surface area is 69.3 Å². The van der Waals surface area contributed by atoms with E-state index in [2.05, 4.69) is 26.5 Å². The second-order valence-electron chi connectivity index (χ2n) is 2.85. The average molecular weight is 151 g/mol. The Morgan fingerprint density at radius 2 is 1.91 bits per heavy atom. The minimum atomic E-state index is 0.551. The first kappa shape index (κ1) is 10.0. The summed E-state index contributed by atoms with van der Waals surface area (Å²) in [5.41, 5.74) is 7.28. The summed E-state index contributed by atoms with van der Waals surface area (Å²) in [6.07, 6.45) is 5.92. The largest absolute Gasteiger partial charge is 0.399 e. The molecule has 62 valence electrons. The Kier molecular flexibility index (Phi) is 4.35. The molecule has 0 aromatic rings. The minimum Gasteiger partial charge on any atom is -0.399 e. The zero-order chi connectivity index (χ0) is 8.85. The summed E-state index contributed by atoms with van der Waals surface area (Å²) >= 11 is 0. The Balaban J connectivity index is 4.22. The monoisotopic (exact) mass is 151 g/mol. The van der Waals surface area contributed by atoms with Crippen molar-refractivity contribution < 1.29 is 0 Å². The van der Waals surface area contributed by atoms with Gasteiger partial charge in [-0.05, 0) is 24.5 Å². The first-order valence-electron chi connectivity index (χ1n) is 3.86. The van der Waals surface area contributed by atoms with Crippen LogP contribution in [-0.2, 0) is 0 Å². The van der Waals surface area contributed by atoms with Crippen LogP contribution in [0.3, 0.4) is 0 Å². The topological polar surface area (TPSA) is 26.0 Å². The van der Waals surface area contributed by atoms with Crippen LogP contribution >= 0.6 is 0 Å². The first-order valence-corrected chi connectivity index (χ1v) is 3.86. The standard InChI is InChI=1S/C10H17N/c1-5-10(8(2)3)7-6-9(4)11/h5-8H,4,11H2,1-3H3/b7-6-,10-5+. The normalized spacial score (nSPS) is 12.9. The van der Waals surface area contributed by atoms with Crippen molar-refractivity contribution in [2.75, 3.05) is 0 Å². The molecule has 0 spiro atoms. The van der Waals surface area contributed by atoms with Crippen molar-refractivity contribution in [3.8, 4) is 0 Å². The molecule has 11 heavy (non-hydrogen) atoms. The molecule has 0 radical (unpaired) electrons. The van der Waals surface area contributed by atoms with Crippen LogP contribution in [0.25, 0.3) is 0 Å². The van der Waals surface area contributed by atoms with Crippen LogP contribution in [0.4, 0.5) is 0 Å². The predicted octanol–water partition coefficient (Wildman–Crippen LogP) is 2.62. The molecule has 0 saturated carbocycles. The van der Waals surface area contributed by atoms with Gasteiger partial charge in [-0.2, -0.15) is 0 Å². The van der Waals surface area contributed by atoms with Crippen molar-refractivity contribution in [1.82, 2.24) is 0 Å². The number of hydrogen-bond donors (Lipinski definition) is 1. The van der Waals surface area contributed by atoms with Gasteiger partial charge in [0.15, 0.2) is 0 Å². The third-order valence-corrected chi connectivity index (χ3v) is 1.49. The van der Waals surface area contributed by atoms with Gasteiger partial charge in [-0.1, -0.05) is 32.6 Å². The lowest BCUT2D eigenvalue weighted by Crippen LogP contribution is -1.92. The van der Waals surface area contributed by atoms with E-state index in [0.29, 0.717) is 11.6 Å². The van der Waals surface area contributed by atoms with Crippen molar-refractivity contribution in [1.29, 1.82) is 0 Å². The zero-order valence-corrected chi connectivity index (χ0v) is 7.59. The molecule has 2 N–H and O–H groups in total. The summed E-state index contributed by atoms with van der Waals surface area (Å²) < 4.78 is 0. The van der Waals surface area contributed by atoms with Crippen molar-refractivity contribution in [3.63, 3.8) is 0 Å². The summed E-state index contributed by atoms with van der Waals surface area (Å²) in [6.45, 7) is 9.91. The lowest BCUT2D eigenvalue weighted by Gasteiger charge is -2.04. The highest BCUT2D eigenvalue weighted by molar-refractivity contribution is 5.25. The lowest BCUT2D eigenvalue weighted by molar-refractivity contribution is 0.789. The molecule has 0 amide bonds. The van der Waals surface area contributed by atoms with Crippen LogP contribution in [0.5, 0.6) is 0 Å². The Bertz CT molecular complexity index is 185. The molecule has 0 unspecified atom stereocenters. The maximum Gasteiger partial charge on any atom is 0.0241 e. The second-order valence-corrected chi connectivity index (χ2v) is 2.85. The van der Waals surface area contributed by atoms with Gasteiger partial charge in [0.05, 0.1) is 0 Å². The third kappa shape index (κ3) is 4.43. The van der Waals surface area contributed by atoms with E-state index in [1.54, 1.807) is 0 Å². The molecule has 0 heterocycles. The molecule has 1 heteroatoms. The minimum absolute atomic E-state index is 0.551. The third-order valence-electron chi connectivity index (χ3n) is 1.49. The molecule has 0 aliphatic carbocycles. The number of allylic oxidation sites excluding steroid dienone is 4. The van der Waals surface area contributed by atoms with E-state index in [9.17, 15) is 0 Å². The highest BCUT2D eigenvalue weighted by Crippen LogP contribution is 2.10. The molecule has 0 aromatic carbocycles. The van der Waals surface area contributed by atoms with Gasteiger partial charge in [-0.3, -0.25) is 0 Å². The second kappa shape index (κ2) is 4.78.